The van der Waals surface area contributed by atoms with E-state index in [0.717, 1.165) is 17.1 Å². The van der Waals surface area contributed by atoms with Gasteiger partial charge < -0.3 is 9.47 Å². The van der Waals surface area contributed by atoms with Gasteiger partial charge in [0.05, 0.1) is 33.8 Å². The van der Waals surface area contributed by atoms with Gasteiger partial charge in [-0.3, -0.25) is 0 Å². The van der Waals surface area contributed by atoms with Gasteiger partial charge in [-0.15, -0.1) is 0 Å². The number of benzene rings is 11. The summed E-state index contributed by atoms with van der Waals surface area (Å²) < 4.78 is 2.53. The number of nitrogens with zero attached hydrogens (tertiary/aromatic N) is 2. The van der Waals surface area contributed by atoms with Crippen LogP contribution < -0.4 is 4.90 Å². The molecule has 11 aromatic carbocycles. The Labute approximate surface area is 399 Å². The molecule has 0 radical (unpaired) electrons. The van der Waals surface area contributed by atoms with Crippen LogP contribution in [0.5, 0.6) is 0 Å². The van der Waals surface area contributed by atoms with E-state index < -0.39 is 0 Å². The van der Waals surface area contributed by atoms with Gasteiger partial charge in [-0.05, 0) is 114 Å². The van der Waals surface area contributed by atoms with E-state index in [2.05, 4.69) is 269 Å². The first kappa shape index (κ1) is 41.5. The molecular weight excluding hydrogens is 821 g/mol. The van der Waals surface area contributed by atoms with Crippen LogP contribution in [0.25, 0.3) is 93.2 Å². The first-order valence-electron chi connectivity index (χ1n) is 24.0. The van der Waals surface area contributed by atoms with E-state index in [4.69, 9.17) is 0 Å². The van der Waals surface area contributed by atoms with E-state index in [9.17, 15) is 0 Å². The third-order valence-corrected chi connectivity index (χ3v) is 14.3. The lowest BCUT2D eigenvalue weighted by atomic mass is 9.85. The molecule has 0 bridgehead atoms. The number of hydrogen-bond acceptors (Lipinski definition) is 1. The summed E-state index contributed by atoms with van der Waals surface area (Å²) in [4.78, 5) is 2.52. The Balaban J connectivity index is 1.11. The van der Waals surface area contributed by atoms with E-state index in [1.807, 2.05) is 0 Å². The number of fused-ring (bicyclic) bond motifs is 3. The highest BCUT2D eigenvalue weighted by molar-refractivity contribution is 6.28. The summed E-state index contributed by atoms with van der Waals surface area (Å²) in [7, 11) is 0. The minimum atomic E-state index is 0.0258. The van der Waals surface area contributed by atoms with Gasteiger partial charge in [0.25, 0.3) is 0 Å². The highest BCUT2D eigenvalue weighted by Crippen LogP contribution is 2.50. The van der Waals surface area contributed by atoms with Gasteiger partial charge in [0.2, 0.25) is 0 Å². The minimum Gasteiger partial charge on any atom is -0.309 e. The van der Waals surface area contributed by atoms with Crippen LogP contribution in [0, 0.1) is 0 Å². The van der Waals surface area contributed by atoms with E-state index in [1.54, 1.807) is 0 Å². The molecule has 0 atom stereocenters. The van der Waals surface area contributed by atoms with Crippen LogP contribution in [-0.2, 0) is 10.8 Å². The van der Waals surface area contributed by atoms with Gasteiger partial charge in [0.15, 0.2) is 0 Å². The SMILES string of the molecule is CC(C)(C)c1ccc2c(c1)c1cc(C(C)(C)C)ccc1n2-c1ccc2ccc3c(N(c4ccccc4-c4ccccc4)c4ccccc4-c4ccc(-c5ccccc5)cc4)ccc4ccc1c2c43. The van der Waals surface area contributed by atoms with Gasteiger partial charge in [-0.2, -0.15) is 0 Å². The van der Waals surface area contributed by atoms with Crippen molar-refractivity contribution in [2.45, 2.75) is 52.4 Å². The molecule has 0 aliphatic heterocycles. The van der Waals surface area contributed by atoms with Crippen molar-refractivity contribution in [2.24, 2.45) is 0 Å². The van der Waals surface area contributed by atoms with E-state index in [1.165, 1.54) is 104 Å². The number of hydrogen-bond donors (Lipinski definition) is 0. The zero-order valence-corrected chi connectivity index (χ0v) is 39.7. The molecule has 0 saturated heterocycles. The molecule has 1 aromatic heterocycles. The van der Waals surface area contributed by atoms with E-state index in [0.29, 0.717) is 0 Å². The molecule has 68 heavy (non-hydrogen) atoms. The summed E-state index contributed by atoms with van der Waals surface area (Å²) in [6.45, 7) is 13.9. The molecule has 0 amide bonds. The van der Waals surface area contributed by atoms with Gasteiger partial charge in [-0.25, -0.2) is 0 Å². The molecule has 0 unspecified atom stereocenters. The van der Waals surface area contributed by atoms with Crippen molar-refractivity contribution in [1.29, 1.82) is 0 Å². The lowest BCUT2D eigenvalue weighted by molar-refractivity contribution is 0.590. The van der Waals surface area contributed by atoms with Gasteiger partial charge in [0, 0.05) is 32.7 Å². The molecule has 2 nitrogen and oxygen atoms in total. The van der Waals surface area contributed by atoms with Gasteiger partial charge in [0.1, 0.15) is 0 Å². The molecule has 328 valence electrons. The summed E-state index contributed by atoms with van der Waals surface area (Å²) in [6.07, 6.45) is 0. The van der Waals surface area contributed by atoms with Crippen LogP contribution in [0.1, 0.15) is 52.7 Å². The van der Waals surface area contributed by atoms with Crippen molar-refractivity contribution < 1.29 is 0 Å². The molecule has 1 heterocycles. The minimum absolute atomic E-state index is 0.0258. The second-order valence-corrected chi connectivity index (χ2v) is 20.6. The maximum atomic E-state index is 2.53. The van der Waals surface area contributed by atoms with Crippen molar-refractivity contribution in [3.8, 4) is 39.1 Å². The summed E-state index contributed by atoms with van der Waals surface area (Å²) >= 11 is 0. The summed E-state index contributed by atoms with van der Waals surface area (Å²) in [5.74, 6) is 0. The third-order valence-electron chi connectivity index (χ3n) is 14.3. The number of aromatic nitrogens is 1. The Kier molecular flexibility index (Phi) is 9.67. The highest BCUT2D eigenvalue weighted by atomic mass is 15.1. The smallest absolute Gasteiger partial charge is 0.0541 e. The number of para-hydroxylation sites is 2. The maximum Gasteiger partial charge on any atom is 0.0541 e. The topological polar surface area (TPSA) is 8.17 Å². The van der Waals surface area contributed by atoms with Crippen LogP contribution >= 0.6 is 0 Å². The standard InChI is InChI=1S/C66H54N2/c1-65(2,3)49-33-39-61-55(41-49)56-42-50(66(4,5)6)34-40-62(56)68(61)60-38-32-48-29-35-53-59(37-31-47-30-36-54(60)64(48)63(47)53)67(57-23-15-13-21-51(57)45-19-11-8-12-20-45)58-24-16-14-22-52(58)46-27-25-44(26-28-46)43-17-9-7-10-18-43/h7-42H,1-6H3. The van der Waals surface area contributed by atoms with Crippen molar-refractivity contribution in [3.63, 3.8) is 0 Å². The highest BCUT2D eigenvalue weighted by Gasteiger charge is 2.26. The first-order valence-corrected chi connectivity index (χ1v) is 24.0. The second-order valence-electron chi connectivity index (χ2n) is 20.6. The summed E-state index contributed by atoms with van der Waals surface area (Å²) in [5, 5.41) is 10.1. The van der Waals surface area contributed by atoms with Crippen LogP contribution in [0.3, 0.4) is 0 Å². The average molecular weight is 875 g/mol. The van der Waals surface area contributed by atoms with Crippen molar-refractivity contribution in [1.82, 2.24) is 4.57 Å². The van der Waals surface area contributed by atoms with Crippen molar-refractivity contribution in [3.05, 3.63) is 230 Å². The average Bonchev–Trinajstić information content (AvgIpc) is 3.69. The second kappa shape index (κ2) is 15.9. The van der Waals surface area contributed by atoms with Crippen molar-refractivity contribution in [2.75, 3.05) is 4.90 Å². The molecule has 12 aromatic rings. The largest absolute Gasteiger partial charge is 0.309 e. The van der Waals surface area contributed by atoms with Crippen LogP contribution in [0.2, 0.25) is 0 Å². The van der Waals surface area contributed by atoms with E-state index in [-0.39, 0.29) is 10.8 Å². The molecule has 2 heteroatoms. The normalized spacial score (nSPS) is 12.3. The lowest BCUT2D eigenvalue weighted by Gasteiger charge is -2.31. The van der Waals surface area contributed by atoms with Crippen LogP contribution in [0.4, 0.5) is 17.1 Å². The first-order chi connectivity index (χ1) is 33.0. The number of anilines is 3. The number of rotatable bonds is 7. The molecule has 0 spiro atoms. The Bertz CT molecular complexity index is 3770. The van der Waals surface area contributed by atoms with Crippen LogP contribution in [-0.4, -0.2) is 4.57 Å². The zero-order chi connectivity index (χ0) is 46.3. The Hall–Kier alpha value is -7.94. The molecule has 0 N–H and O–H groups in total. The summed E-state index contributed by atoms with van der Waals surface area (Å²) in [6, 6.07) is 81.3. The fraction of sp³-hybridized carbons (Fsp3) is 0.121. The fourth-order valence-corrected chi connectivity index (χ4v) is 10.7. The monoisotopic (exact) mass is 874 g/mol. The Morgan fingerprint density at radius 2 is 0.750 bits per heavy atom. The molecule has 0 aliphatic carbocycles. The predicted octanol–water partition coefficient (Wildman–Crippen LogP) is 18.7. The Morgan fingerprint density at radius 1 is 0.324 bits per heavy atom. The fourth-order valence-electron chi connectivity index (χ4n) is 10.7. The Morgan fingerprint density at radius 3 is 1.31 bits per heavy atom. The van der Waals surface area contributed by atoms with Gasteiger partial charge in [-0.1, -0.05) is 211 Å². The van der Waals surface area contributed by atoms with E-state index >= 15 is 0 Å². The molecule has 0 fully saturated rings. The quantitative estimate of drug-likeness (QED) is 0.145. The molecule has 0 aliphatic rings. The molecule has 12 rings (SSSR count). The predicted molar refractivity (Wildman–Crippen MR) is 293 cm³/mol. The summed E-state index contributed by atoms with van der Waals surface area (Å²) in [5.41, 5.74) is 16.9. The molecular formula is C66H54N2. The lowest BCUT2D eigenvalue weighted by Crippen LogP contribution is -2.13. The third kappa shape index (κ3) is 6.86. The zero-order valence-electron chi connectivity index (χ0n) is 39.7. The maximum absolute atomic E-state index is 2.53. The van der Waals surface area contributed by atoms with Gasteiger partial charge >= 0.3 is 0 Å². The van der Waals surface area contributed by atoms with Crippen molar-refractivity contribution >= 4 is 71.2 Å². The molecule has 0 saturated carbocycles. The van der Waals surface area contributed by atoms with Crippen LogP contribution in [0.15, 0.2) is 218 Å².